The molecule has 0 fully saturated rings. The number of aromatic nitrogens is 2. The molecule has 4 rings (SSSR count). The van der Waals surface area contributed by atoms with E-state index in [2.05, 4.69) is 16.5 Å². The maximum Gasteiger partial charge on any atom is 0.157 e. The first-order valence-corrected chi connectivity index (χ1v) is 7.07. The van der Waals surface area contributed by atoms with Gasteiger partial charge in [-0.25, -0.2) is 4.68 Å². The third-order valence-electron chi connectivity index (χ3n) is 3.91. The van der Waals surface area contributed by atoms with E-state index in [4.69, 9.17) is 0 Å². The van der Waals surface area contributed by atoms with E-state index in [0.717, 1.165) is 28.2 Å². The van der Waals surface area contributed by atoms with Crippen molar-refractivity contribution in [1.82, 2.24) is 9.78 Å². The molecule has 22 heavy (non-hydrogen) atoms. The van der Waals surface area contributed by atoms with Gasteiger partial charge in [-0.1, -0.05) is 24.3 Å². The SMILES string of the molecule is Cc1cc2n(n1)[C@@H](c1ccc(O)c(O)c1)Nc1ccccc1-2. The molecule has 0 spiro atoms. The minimum atomic E-state index is -0.231. The van der Waals surface area contributed by atoms with Crippen LogP contribution in [0.25, 0.3) is 11.3 Å². The van der Waals surface area contributed by atoms with Crippen molar-refractivity contribution in [2.45, 2.75) is 13.1 Å². The average Bonchev–Trinajstić information content (AvgIpc) is 2.91. The van der Waals surface area contributed by atoms with Crippen LogP contribution in [-0.4, -0.2) is 20.0 Å². The molecule has 3 aromatic rings. The maximum absolute atomic E-state index is 9.77. The zero-order valence-corrected chi connectivity index (χ0v) is 12.0. The Morgan fingerprint density at radius 1 is 1.05 bits per heavy atom. The maximum atomic E-state index is 9.77. The molecule has 1 aliphatic heterocycles. The lowest BCUT2D eigenvalue weighted by atomic mass is 10.0. The van der Waals surface area contributed by atoms with Crippen LogP contribution in [0.1, 0.15) is 17.4 Å². The standard InChI is InChI=1S/C17H15N3O2/c1-10-8-14-12-4-2-3-5-13(12)18-17(20(14)19-10)11-6-7-15(21)16(22)9-11/h2-9,17-18,21-22H,1H3/t17-/m0/s1. The van der Waals surface area contributed by atoms with E-state index in [-0.39, 0.29) is 17.7 Å². The van der Waals surface area contributed by atoms with Gasteiger partial charge < -0.3 is 15.5 Å². The van der Waals surface area contributed by atoms with Crippen molar-refractivity contribution in [2.75, 3.05) is 5.32 Å². The van der Waals surface area contributed by atoms with Gasteiger partial charge >= 0.3 is 0 Å². The number of fused-ring (bicyclic) bond motifs is 3. The smallest absolute Gasteiger partial charge is 0.157 e. The molecule has 0 saturated heterocycles. The zero-order chi connectivity index (χ0) is 15.3. The summed E-state index contributed by atoms with van der Waals surface area (Å²) in [5.41, 5.74) is 4.91. The zero-order valence-electron chi connectivity index (χ0n) is 12.0. The molecule has 0 amide bonds. The van der Waals surface area contributed by atoms with Gasteiger partial charge in [0.05, 0.1) is 11.4 Å². The summed E-state index contributed by atoms with van der Waals surface area (Å²) in [6.45, 7) is 1.96. The highest BCUT2D eigenvalue weighted by Gasteiger charge is 2.26. The summed E-state index contributed by atoms with van der Waals surface area (Å²) < 4.78 is 1.91. The van der Waals surface area contributed by atoms with Gasteiger partial charge in [-0.3, -0.25) is 0 Å². The van der Waals surface area contributed by atoms with Crippen LogP contribution in [0.15, 0.2) is 48.5 Å². The summed E-state index contributed by atoms with van der Waals surface area (Å²) in [7, 11) is 0. The van der Waals surface area contributed by atoms with E-state index in [0.29, 0.717) is 0 Å². The lowest BCUT2D eigenvalue weighted by molar-refractivity contribution is 0.402. The first kappa shape index (κ1) is 12.8. The number of phenols is 2. The molecular formula is C17H15N3O2. The number of nitrogens with zero attached hydrogens (tertiary/aromatic N) is 2. The van der Waals surface area contributed by atoms with Crippen molar-refractivity contribution >= 4 is 5.69 Å². The number of hydrogen-bond acceptors (Lipinski definition) is 4. The fraction of sp³-hybridized carbons (Fsp3) is 0.118. The van der Waals surface area contributed by atoms with Gasteiger partial charge in [-0.05, 0) is 31.2 Å². The van der Waals surface area contributed by atoms with Gasteiger partial charge in [-0.2, -0.15) is 5.10 Å². The molecule has 1 aliphatic rings. The number of anilines is 1. The van der Waals surface area contributed by atoms with Crippen molar-refractivity contribution in [2.24, 2.45) is 0 Å². The molecule has 1 atom stereocenters. The molecular weight excluding hydrogens is 278 g/mol. The summed E-state index contributed by atoms with van der Waals surface area (Å²) in [4.78, 5) is 0. The number of para-hydroxylation sites is 1. The predicted octanol–water partition coefficient (Wildman–Crippen LogP) is 3.24. The number of nitrogens with one attached hydrogen (secondary N) is 1. The van der Waals surface area contributed by atoms with E-state index >= 15 is 0 Å². The Bertz CT molecular complexity index is 870. The molecule has 2 heterocycles. The number of hydrogen-bond donors (Lipinski definition) is 3. The largest absolute Gasteiger partial charge is 0.504 e. The second-order valence-corrected chi connectivity index (χ2v) is 5.46. The van der Waals surface area contributed by atoms with Crippen LogP contribution in [0.4, 0.5) is 5.69 Å². The highest BCUT2D eigenvalue weighted by atomic mass is 16.3. The molecule has 5 heteroatoms. The quantitative estimate of drug-likeness (QED) is 0.602. The van der Waals surface area contributed by atoms with Crippen LogP contribution in [-0.2, 0) is 0 Å². The molecule has 1 aromatic heterocycles. The van der Waals surface area contributed by atoms with Gasteiger partial charge in [0, 0.05) is 16.8 Å². The second-order valence-electron chi connectivity index (χ2n) is 5.46. The molecule has 0 aliphatic carbocycles. The Morgan fingerprint density at radius 2 is 1.86 bits per heavy atom. The van der Waals surface area contributed by atoms with E-state index < -0.39 is 0 Å². The molecule has 0 bridgehead atoms. The monoisotopic (exact) mass is 293 g/mol. The lowest BCUT2D eigenvalue weighted by Crippen LogP contribution is -2.25. The third-order valence-corrected chi connectivity index (χ3v) is 3.91. The second kappa shape index (κ2) is 4.53. The number of aromatic hydroxyl groups is 2. The molecule has 3 N–H and O–H groups in total. The Morgan fingerprint density at radius 3 is 2.68 bits per heavy atom. The highest BCUT2D eigenvalue weighted by Crippen LogP contribution is 2.39. The van der Waals surface area contributed by atoms with Crippen LogP contribution in [0.5, 0.6) is 11.5 Å². The normalized spacial score (nSPS) is 15.8. The van der Waals surface area contributed by atoms with Crippen molar-refractivity contribution in [3.63, 3.8) is 0 Å². The lowest BCUT2D eigenvalue weighted by Gasteiger charge is -2.29. The fourth-order valence-electron chi connectivity index (χ4n) is 2.89. The molecule has 0 unspecified atom stereocenters. The van der Waals surface area contributed by atoms with Gasteiger partial charge in [0.15, 0.2) is 11.5 Å². The average molecular weight is 293 g/mol. The van der Waals surface area contributed by atoms with Crippen molar-refractivity contribution in [3.8, 4) is 22.8 Å². The number of rotatable bonds is 1. The summed E-state index contributed by atoms with van der Waals surface area (Å²) in [5, 5.41) is 27.3. The third kappa shape index (κ3) is 1.83. The van der Waals surface area contributed by atoms with Crippen LogP contribution >= 0.6 is 0 Å². The van der Waals surface area contributed by atoms with Crippen LogP contribution in [0, 0.1) is 6.92 Å². The first-order valence-electron chi connectivity index (χ1n) is 7.07. The van der Waals surface area contributed by atoms with Gasteiger partial charge in [-0.15, -0.1) is 0 Å². The molecule has 0 radical (unpaired) electrons. The number of phenolic OH excluding ortho intramolecular Hbond substituents is 2. The van der Waals surface area contributed by atoms with Crippen molar-refractivity contribution in [3.05, 3.63) is 59.8 Å². The predicted molar refractivity (Wildman–Crippen MR) is 83.9 cm³/mol. The minimum Gasteiger partial charge on any atom is -0.504 e. The number of aryl methyl sites for hydroxylation is 1. The molecule has 2 aromatic carbocycles. The summed E-state index contributed by atoms with van der Waals surface area (Å²) in [6, 6.07) is 14.9. The van der Waals surface area contributed by atoms with E-state index in [1.54, 1.807) is 12.1 Å². The highest BCUT2D eigenvalue weighted by molar-refractivity contribution is 5.78. The van der Waals surface area contributed by atoms with Crippen LogP contribution in [0.2, 0.25) is 0 Å². The van der Waals surface area contributed by atoms with E-state index in [1.807, 2.05) is 35.9 Å². The van der Waals surface area contributed by atoms with Gasteiger partial charge in [0.25, 0.3) is 0 Å². The summed E-state index contributed by atoms with van der Waals surface area (Å²) in [6.07, 6.45) is -0.231. The first-order chi connectivity index (χ1) is 10.6. The minimum absolute atomic E-state index is 0.128. The van der Waals surface area contributed by atoms with Crippen LogP contribution in [0.3, 0.4) is 0 Å². The molecule has 0 saturated carbocycles. The van der Waals surface area contributed by atoms with Gasteiger partial charge in [0.2, 0.25) is 0 Å². The van der Waals surface area contributed by atoms with Crippen molar-refractivity contribution < 1.29 is 10.2 Å². The summed E-state index contributed by atoms with van der Waals surface area (Å²) in [5.74, 6) is -0.264. The van der Waals surface area contributed by atoms with E-state index in [9.17, 15) is 10.2 Å². The van der Waals surface area contributed by atoms with Crippen molar-refractivity contribution in [1.29, 1.82) is 0 Å². The summed E-state index contributed by atoms with van der Waals surface area (Å²) >= 11 is 0. The van der Waals surface area contributed by atoms with Gasteiger partial charge in [0.1, 0.15) is 6.17 Å². The Hall–Kier alpha value is -2.95. The van der Waals surface area contributed by atoms with E-state index in [1.165, 1.54) is 6.07 Å². The molecule has 110 valence electrons. The molecule has 5 nitrogen and oxygen atoms in total. The Kier molecular flexibility index (Phi) is 2.63. The fourth-order valence-corrected chi connectivity index (χ4v) is 2.89. The number of benzene rings is 2. The Labute approximate surface area is 127 Å². The Balaban J connectivity index is 1.90. The topological polar surface area (TPSA) is 70.3 Å². The van der Waals surface area contributed by atoms with Crippen LogP contribution < -0.4 is 5.32 Å².